The Bertz CT molecular complexity index is 1150. The number of methoxy groups -OCH3 is 2. The third-order valence-electron chi connectivity index (χ3n) is 5.51. The monoisotopic (exact) mass is 500 g/mol. The number of nitro benzene ring substituents is 1. The summed E-state index contributed by atoms with van der Waals surface area (Å²) in [5.74, 6) is -0.442. The van der Waals surface area contributed by atoms with Crippen LogP contribution >= 0.6 is 11.8 Å². The number of amides is 2. The lowest BCUT2D eigenvalue weighted by atomic mass is 10.1. The zero-order chi connectivity index (χ0) is 25.5. The molecule has 1 unspecified atom stereocenters. The molecule has 1 saturated heterocycles. The minimum absolute atomic E-state index is 0.0869. The van der Waals surface area contributed by atoms with Gasteiger partial charge in [0.1, 0.15) is 11.0 Å². The second-order valence-corrected chi connectivity index (χ2v) is 9.17. The van der Waals surface area contributed by atoms with Gasteiger partial charge in [0.25, 0.3) is 5.69 Å². The summed E-state index contributed by atoms with van der Waals surface area (Å²) in [7, 11) is 2.96. The number of nitrogens with one attached hydrogen (secondary N) is 1. The van der Waals surface area contributed by atoms with Crippen molar-refractivity contribution in [3.8, 4) is 5.75 Å². The van der Waals surface area contributed by atoms with E-state index < -0.39 is 16.1 Å². The summed E-state index contributed by atoms with van der Waals surface area (Å²) in [5, 5.41) is 13.6. The number of hydrogen-bond donors (Lipinski definition) is 1. The quantitative estimate of drug-likeness (QED) is 0.294. The number of nitro groups is 1. The van der Waals surface area contributed by atoms with Crippen molar-refractivity contribution in [3.05, 3.63) is 57.6 Å². The number of rotatable bonds is 10. The first-order valence-corrected chi connectivity index (χ1v) is 11.9. The standard InChI is InChI=1S/C24H28N4O6S/c1-15-6-7-17(12-16(15)2)25-24-27(10-5-11-33-3)23(30)21(35-24)14-22(29)26-19-9-8-18(28(31)32)13-20(19)34-4/h6-9,12-13,21H,5,10-11,14H2,1-4H3,(H,26,29). The van der Waals surface area contributed by atoms with Crippen LogP contribution in [-0.2, 0) is 14.3 Å². The highest BCUT2D eigenvalue weighted by atomic mass is 32.2. The molecule has 0 aliphatic carbocycles. The predicted molar refractivity (Wildman–Crippen MR) is 135 cm³/mol. The molecule has 1 aliphatic heterocycles. The number of aliphatic imine (C=N–C) groups is 1. The van der Waals surface area contributed by atoms with Gasteiger partial charge in [0.2, 0.25) is 11.8 Å². The number of anilines is 1. The maximum atomic E-state index is 13.2. The minimum Gasteiger partial charge on any atom is -0.494 e. The molecule has 1 heterocycles. The van der Waals surface area contributed by atoms with Gasteiger partial charge < -0.3 is 14.8 Å². The molecule has 11 heteroatoms. The fourth-order valence-corrected chi connectivity index (χ4v) is 4.65. The topological polar surface area (TPSA) is 123 Å². The first-order chi connectivity index (χ1) is 16.7. The highest BCUT2D eigenvalue weighted by molar-refractivity contribution is 8.15. The van der Waals surface area contributed by atoms with Crippen LogP contribution in [0.4, 0.5) is 17.1 Å². The van der Waals surface area contributed by atoms with Gasteiger partial charge in [-0.2, -0.15) is 0 Å². The molecule has 0 bridgehead atoms. The molecule has 10 nitrogen and oxygen atoms in total. The highest BCUT2D eigenvalue weighted by Gasteiger charge is 2.39. The average molecular weight is 501 g/mol. The minimum atomic E-state index is -0.646. The summed E-state index contributed by atoms with van der Waals surface area (Å²) >= 11 is 1.25. The van der Waals surface area contributed by atoms with E-state index >= 15 is 0 Å². The van der Waals surface area contributed by atoms with Crippen LogP contribution in [0.25, 0.3) is 0 Å². The van der Waals surface area contributed by atoms with Crippen molar-refractivity contribution in [2.75, 3.05) is 32.7 Å². The third kappa shape index (κ3) is 6.58. The summed E-state index contributed by atoms with van der Waals surface area (Å²) in [6.45, 7) is 4.95. The fraction of sp³-hybridized carbons (Fsp3) is 0.375. The van der Waals surface area contributed by atoms with E-state index in [1.165, 1.54) is 37.1 Å². The van der Waals surface area contributed by atoms with Crippen molar-refractivity contribution < 1.29 is 24.0 Å². The van der Waals surface area contributed by atoms with Crippen molar-refractivity contribution in [1.82, 2.24) is 4.90 Å². The molecule has 1 atom stereocenters. The SMILES string of the molecule is COCCCN1C(=O)C(CC(=O)Nc2ccc([N+](=O)[O-])cc2OC)SC1=Nc1ccc(C)c(C)c1. The van der Waals surface area contributed by atoms with Crippen molar-refractivity contribution in [2.45, 2.75) is 31.9 Å². The molecule has 0 saturated carbocycles. The Morgan fingerprint density at radius 1 is 1.20 bits per heavy atom. The van der Waals surface area contributed by atoms with Crippen LogP contribution in [0.1, 0.15) is 24.0 Å². The average Bonchev–Trinajstić information content (AvgIpc) is 3.10. The van der Waals surface area contributed by atoms with Crippen LogP contribution in [-0.4, -0.2) is 59.4 Å². The molecule has 186 valence electrons. The van der Waals surface area contributed by atoms with Crippen molar-refractivity contribution in [2.24, 2.45) is 4.99 Å². The van der Waals surface area contributed by atoms with Gasteiger partial charge in [0.15, 0.2) is 5.17 Å². The van der Waals surface area contributed by atoms with Gasteiger partial charge in [0, 0.05) is 32.7 Å². The van der Waals surface area contributed by atoms with Crippen LogP contribution < -0.4 is 10.1 Å². The van der Waals surface area contributed by atoms with Crippen molar-refractivity contribution in [3.63, 3.8) is 0 Å². The normalized spacial score (nSPS) is 16.6. The van der Waals surface area contributed by atoms with Crippen LogP contribution in [0.15, 0.2) is 41.4 Å². The number of carbonyl (C=O) groups is 2. The summed E-state index contributed by atoms with van der Waals surface area (Å²) in [6.07, 6.45) is 0.546. The summed E-state index contributed by atoms with van der Waals surface area (Å²) in [4.78, 5) is 42.7. The molecule has 1 fully saturated rings. The van der Waals surface area contributed by atoms with E-state index in [0.717, 1.165) is 16.8 Å². The van der Waals surface area contributed by atoms with Gasteiger partial charge in [-0.05, 0) is 49.6 Å². The maximum absolute atomic E-state index is 13.2. The summed E-state index contributed by atoms with van der Waals surface area (Å²) in [6, 6.07) is 9.75. The molecule has 35 heavy (non-hydrogen) atoms. The van der Waals surface area contributed by atoms with E-state index in [4.69, 9.17) is 14.5 Å². The lowest BCUT2D eigenvalue weighted by molar-refractivity contribution is -0.384. The number of aryl methyl sites for hydroxylation is 2. The largest absolute Gasteiger partial charge is 0.494 e. The number of non-ortho nitro benzene ring substituents is 1. The van der Waals surface area contributed by atoms with Crippen molar-refractivity contribution >= 4 is 45.8 Å². The van der Waals surface area contributed by atoms with E-state index in [2.05, 4.69) is 5.32 Å². The van der Waals surface area contributed by atoms with Crippen LogP contribution in [0.5, 0.6) is 5.75 Å². The fourth-order valence-electron chi connectivity index (χ4n) is 3.47. The maximum Gasteiger partial charge on any atom is 0.273 e. The molecule has 1 N–H and O–H groups in total. The molecule has 2 aromatic carbocycles. The van der Waals surface area contributed by atoms with Gasteiger partial charge in [-0.1, -0.05) is 17.8 Å². The Morgan fingerprint density at radius 3 is 2.63 bits per heavy atom. The number of thioether (sulfide) groups is 1. The van der Waals surface area contributed by atoms with Gasteiger partial charge >= 0.3 is 0 Å². The van der Waals surface area contributed by atoms with Gasteiger partial charge in [-0.25, -0.2) is 4.99 Å². The molecular weight excluding hydrogens is 472 g/mol. The zero-order valence-corrected chi connectivity index (χ0v) is 20.9. The molecule has 1 aliphatic rings. The summed E-state index contributed by atoms with van der Waals surface area (Å²) in [5.41, 5.74) is 3.12. The first-order valence-electron chi connectivity index (χ1n) is 11.0. The highest BCUT2D eigenvalue weighted by Crippen LogP contribution is 2.33. The molecule has 2 amide bonds. The van der Waals surface area contributed by atoms with Crippen LogP contribution in [0.2, 0.25) is 0 Å². The van der Waals surface area contributed by atoms with E-state index in [1.807, 2.05) is 32.0 Å². The number of benzene rings is 2. The molecule has 2 aromatic rings. The second kappa shape index (κ2) is 11.8. The van der Waals surface area contributed by atoms with E-state index in [0.29, 0.717) is 30.4 Å². The van der Waals surface area contributed by atoms with Crippen molar-refractivity contribution in [1.29, 1.82) is 0 Å². The van der Waals surface area contributed by atoms with Gasteiger partial charge in [-0.15, -0.1) is 0 Å². The molecule has 0 radical (unpaired) electrons. The Labute approximate surface area is 207 Å². The van der Waals surface area contributed by atoms with Crippen LogP contribution in [0.3, 0.4) is 0 Å². The van der Waals surface area contributed by atoms with Gasteiger partial charge in [0.05, 0.1) is 29.5 Å². The Hall–Kier alpha value is -3.44. The predicted octanol–water partition coefficient (Wildman–Crippen LogP) is 4.22. The summed E-state index contributed by atoms with van der Waals surface area (Å²) < 4.78 is 10.3. The Kier molecular flexibility index (Phi) is 8.83. The Morgan fingerprint density at radius 2 is 1.97 bits per heavy atom. The number of carbonyl (C=O) groups excluding carboxylic acids is 2. The zero-order valence-electron chi connectivity index (χ0n) is 20.1. The van der Waals surface area contributed by atoms with Crippen LogP contribution in [0, 0.1) is 24.0 Å². The number of hydrogen-bond acceptors (Lipinski definition) is 8. The number of nitrogens with zero attached hydrogens (tertiary/aromatic N) is 3. The first kappa shape index (κ1) is 26.2. The molecule has 3 rings (SSSR count). The number of ether oxygens (including phenoxy) is 2. The molecule has 0 aromatic heterocycles. The number of amidine groups is 1. The van der Waals surface area contributed by atoms with Gasteiger partial charge in [-0.3, -0.25) is 24.6 Å². The second-order valence-electron chi connectivity index (χ2n) is 8.00. The van der Waals surface area contributed by atoms with E-state index in [-0.39, 0.29) is 23.8 Å². The smallest absolute Gasteiger partial charge is 0.273 e. The third-order valence-corrected chi connectivity index (χ3v) is 6.68. The Balaban J connectivity index is 1.77. The van der Waals surface area contributed by atoms with E-state index in [9.17, 15) is 19.7 Å². The van der Waals surface area contributed by atoms with E-state index in [1.54, 1.807) is 12.0 Å². The lowest BCUT2D eigenvalue weighted by Gasteiger charge is -2.16. The molecule has 0 spiro atoms. The molecular formula is C24H28N4O6S. The lowest BCUT2D eigenvalue weighted by Crippen LogP contribution is -2.34.